The number of likely N-dealkylation sites (N-methyl/N-ethyl adjacent to an activating group) is 1. The molecule has 262 valence electrons. The van der Waals surface area contributed by atoms with Crippen LogP contribution in [0.15, 0.2) is 35.6 Å². The Hall–Kier alpha value is -1.35. The number of fused-ring (bicyclic) bond motifs is 5. The van der Waals surface area contributed by atoms with Gasteiger partial charge in [0.1, 0.15) is 0 Å². The van der Waals surface area contributed by atoms with Crippen LogP contribution >= 0.6 is 0 Å². The molecule has 8 atom stereocenters. The van der Waals surface area contributed by atoms with Crippen molar-refractivity contribution in [2.45, 2.75) is 173 Å². The molecular formula is C42H79N3. The summed E-state index contributed by atoms with van der Waals surface area (Å²) in [6, 6.07) is 1.15. The maximum Gasteiger partial charge on any atom is 0.0325 e. The zero-order valence-corrected chi connectivity index (χ0v) is 31.5. The molecule has 2 N–H and O–H groups in total. The number of hydrogen-bond donors (Lipinski definition) is 2. The molecule has 1 heterocycles. The van der Waals surface area contributed by atoms with Crippen LogP contribution < -0.4 is 5.32 Å². The largest absolute Gasteiger partial charge is 0.377 e. The molecule has 4 fully saturated rings. The Morgan fingerprint density at radius 2 is 1.67 bits per heavy atom. The summed E-state index contributed by atoms with van der Waals surface area (Å²) in [6.45, 7) is 29.3. The van der Waals surface area contributed by atoms with Crippen molar-refractivity contribution >= 4 is 5.71 Å². The minimum atomic E-state index is 0. The summed E-state index contributed by atoms with van der Waals surface area (Å²) in [5, 5.41) is 11.9. The van der Waals surface area contributed by atoms with Crippen LogP contribution in [0.1, 0.15) is 161 Å². The molecule has 3 heteroatoms. The number of nitrogens with zero attached hydrogens (tertiary/aromatic N) is 1. The third kappa shape index (κ3) is 10.3. The van der Waals surface area contributed by atoms with E-state index in [2.05, 4.69) is 98.3 Å². The highest BCUT2D eigenvalue weighted by Crippen LogP contribution is 2.66. The van der Waals surface area contributed by atoms with Crippen molar-refractivity contribution in [3.8, 4) is 0 Å². The fraction of sp³-hybridized carbons (Fsp3) is 0.833. The van der Waals surface area contributed by atoms with Crippen molar-refractivity contribution in [2.24, 2.45) is 40.4 Å². The van der Waals surface area contributed by atoms with Crippen LogP contribution in [0, 0.1) is 45.8 Å². The van der Waals surface area contributed by atoms with Gasteiger partial charge in [-0.2, -0.15) is 0 Å². The second-order valence-corrected chi connectivity index (χ2v) is 16.0. The normalized spacial score (nSPS) is 34.9. The number of hydrogen-bond acceptors (Lipinski definition) is 3. The van der Waals surface area contributed by atoms with Gasteiger partial charge in [0.2, 0.25) is 0 Å². The van der Waals surface area contributed by atoms with Crippen LogP contribution in [0.4, 0.5) is 0 Å². The van der Waals surface area contributed by atoms with Gasteiger partial charge in [-0.05, 0) is 132 Å². The minimum Gasteiger partial charge on any atom is -0.377 e. The summed E-state index contributed by atoms with van der Waals surface area (Å²) in [7, 11) is 2.18. The van der Waals surface area contributed by atoms with E-state index in [0.29, 0.717) is 28.8 Å². The lowest BCUT2D eigenvalue weighted by Crippen LogP contribution is -2.50. The zero-order chi connectivity index (χ0) is 33.2. The van der Waals surface area contributed by atoms with Gasteiger partial charge in [-0.25, -0.2) is 0 Å². The van der Waals surface area contributed by atoms with Gasteiger partial charge in [-0.1, -0.05) is 92.7 Å². The Bertz CT molecular complexity index is 972. The molecule has 8 unspecified atom stereocenters. The first-order chi connectivity index (χ1) is 20.7. The van der Waals surface area contributed by atoms with Gasteiger partial charge in [-0.15, -0.1) is 0 Å². The maximum absolute atomic E-state index is 8.25. The minimum absolute atomic E-state index is 0. The molecule has 3 saturated carbocycles. The van der Waals surface area contributed by atoms with Gasteiger partial charge in [0.25, 0.3) is 0 Å². The number of nitrogens with one attached hydrogen (secondary N) is 2. The predicted octanol–water partition coefficient (Wildman–Crippen LogP) is 12.2. The smallest absolute Gasteiger partial charge is 0.0325 e. The fourth-order valence-corrected chi connectivity index (χ4v) is 9.74. The predicted molar refractivity (Wildman–Crippen MR) is 203 cm³/mol. The molecule has 4 aliphatic carbocycles. The van der Waals surface area contributed by atoms with Crippen LogP contribution in [0.3, 0.4) is 0 Å². The summed E-state index contributed by atoms with van der Waals surface area (Å²) in [5.74, 6) is 4.20. The first-order valence-electron chi connectivity index (χ1n) is 18.8. The lowest BCUT2D eigenvalue weighted by Gasteiger charge is -2.58. The molecular weight excluding hydrogens is 546 g/mol. The van der Waals surface area contributed by atoms with Crippen LogP contribution in [-0.4, -0.2) is 36.3 Å². The molecule has 0 radical (unpaired) electrons. The van der Waals surface area contributed by atoms with Gasteiger partial charge in [0, 0.05) is 43.0 Å². The summed E-state index contributed by atoms with van der Waals surface area (Å²) in [5.41, 5.74) is 6.40. The summed E-state index contributed by atoms with van der Waals surface area (Å²) < 4.78 is 0. The maximum atomic E-state index is 8.25. The highest BCUT2D eigenvalue weighted by molar-refractivity contribution is 5.82. The van der Waals surface area contributed by atoms with Crippen LogP contribution in [0.5, 0.6) is 0 Å². The van der Waals surface area contributed by atoms with E-state index in [1.165, 1.54) is 81.9 Å². The standard InChI is InChI=1S/C21H33N.C14H26N2.C4H10.C2H6.CH4/c1-14(22)17-9-10-18-16-8-7-15-6-4-5-12-20(15,2)19(16)11-13-21(17,18)3;1-6-7-12(4)16(5)10-13-8-9-14(15-13)11(2)3;1-4(2)3;1-2;/h6,16-19,22H,4-5,7-13H2,1-3H3;7,13-15H,2,6,8-10H2,1,3-5H3;4H,1-3H3;1-2H3;1H4/b;12-7+;;;. The number of allylic oxidation sites excluding steroid dienone is 4. The second-order valence-electron chi connectivity index (χ2n) is 16.0. The molecule has 5 aliphatic rings. The molecule has 1 saturated heterocycles. The molecule has 0 aromatic heterocycles. The Kier molecular flexibility index (Phi) is 17.5. The van der Waals surface area contributed by atoms with Crippen LogP contribution in [-0.2, 0) is 0 Å². The van der Waals surface area contributed by atoms with Crippen LogP contribution in [0.25, 0.3) is 0 Å². The van der Waals surface area contributed by atoms with Crippen molar-refractivity contribution in [1.29, 1.82) is 5.41 Å². The molecule has 3 nitrogen and oxygen atoms in total. The first-order valence-corrected chi connectivity index (χ1v) is 18.8. The second kappa shape index (κ2) is 18.8. The van der Waals surface area contributed by atoms with Gasteiger partial charge in [-0.3, -0.25) is 0 Å². The van der Waals surface area contributed by atoms with Crippen molar-refractivity contribution in [3.05, 3.63) is 35.6 Å². The Labute approximate surface area is 283 Å². The van der Waals surface area contributed by atoms with E-state index in [4.69, 9.17) is 5.41 Å². The third-order valence-electron chi connectivity index (χ3n) is 12.0. The van der Waals surface area contributed by atoms with Crippen molar-refractivity contribution in [1.82, 2.24) is 10.2 Å². The Morgan fingerprint density at radius 1 is 1.02 bits per heavy atom. The highest BCUT2D eigenvalue weighted by atomic mass is 15.1. The summed E-state index contributed by atoms with van der Waals surface area (Å²) in [6.07, 6.45) is 21.0. The van der Waals surface area contributed by atoms with Crippen molar-refractivity contribution in [2.75, 3.05) is 13.6 Å². The Morgan fingerprint density at radius 3 is 2.22 bits per heavy atom. The summed E-state index contributed by atoms with van der Waals surface area (Å²) >= 11 is 0. The average molecular weight is 626 g/mol. The van der Waals surface area contributed by atoms with Crippen LogP contribution in [0.2, 0.25) is 0 Å². The van der Waals surface area contributed by atoms with E-state index in [9.17, 15) is 0 Å². The molecule has 0 bridgehead atoms. The van der Waals surface area contributed by atoms with Gasteiger partial charge in [0.15, 0.2) is 0 Å². The SMILES string of the molecule is C.C=C(C)C1CCC(CN(C)/C(C)=C/CC)N1.CC.CC(=N)C1CCC2C3CCC4=CCCCC4(C)C3CCC12C.CC(C)C. The quantitative estimate of drug-likeness (QED) is 0.228. The zero-order valence-electron chi connectivity index (χ0n) is 31.5. The van der Waals surface area contributed by atoms with Crippen molar-refractivity contribution in [3.63, 3.8) is 0 Å². The average Bonchev–Trinajstić information content (AvgIpc) is 3.58. The topological polar surface area (TPSA) is 39.1 Å². The lowest BCUT2D eigenvalue weighted by atomic mass is 9.47. The molecule has 0 aromatic rings. The molecule has 0 amide bonds. The van der Waals surface area contributed by atoms with E-state index in [1.54, 1.807) is 0 Å². The highest BCUT2D eigenvalue weighted by Gasteiger charge is 2.58. The first kappa shape index (κ1) is 41.7. The molecule has 1 aliphatic heterocycles. The van der Waals surface area contributed by atoms with E-state index in [0.717, 1.165) is 42.3 Å². The molecule has 5 rings (SSSR count). The van der Waals surface area contributed by atoms with E-state index in [1.807, 2.05) is 19.4 Å². The molecule has 45 heavy (non-hydrogen) atoms. The monoisotopic (exact) mass is 626 g/mol. The van der Waals surface area contributed by atoms with Gasteiger partial charge in [0.05, 0.1) is 0 Å². The van der Waals surface area contributed by atoms with E-state index < -0.39 is 0 Å². The fourth-order valence-electron chi connectivity index (χ4n) is 9.74. The van der Waals surface area contributed by atoms with Crippen molar-refractivity contribution < 1.29 is 0 Å². The molecule has 0 spiro atoms. The van der Waals surface area contributed by atoms with E-state index in [-0.39, 0.29) is 7.43 Å². The lowest BCUT2D eigenvalue weighted by molar-refractivity contribution is -0.0431. The Balaban J connectivity index is 0.000000390. The van der Waals surface area contributed by atoms with E-state index >= 15 is 0 Å². The summed E-state index contributed by atoms with van der Waals surface area (Å²) in [4.78, 5) is 2.35. The number of rotatable bonds is 6. The van der Waals surface area contributed by atoms with Gasteiger partial charge < -0.3 is 15.6 Å². The third-order valence-corrected chi connectivity index (χ3v) is 12.0. The molecule has 0 aromatic carbocycles. The van der Waals surface area contributed by atoms with Gasteiger partial charge >= 0.3 is 0 Å².